The zero-order valence-corrected chi connectivity index (χ0v) is 21.4. The molecule has 0 aliphatic carbocycles. The van der Waals surface area contributed by atoms with Crippen molar-refractivity contribution in [2.75, 3.05) is 5.32 Å². The highest BCUT2D eigenvalue weighted by molar-refractivity contribution is 9.10. The summed E-state index contributed by atoms with van der Waals surface area (Å²) in [6.07, 6.45) is 1.77. The topological polar surface area (TPSA) is 77.6 Å². The van der Waals surface area contributed by atoms with Crippen molar-refractivity contribution in [1.29, 1.82) is 0 Å². The zero-order chi connectivity index (χ0) is 24.5. The predicted molar refractivity (Wildman–Crippen MR) is 141 cm³/mol. The highest BCUT2D eigenvalue weighted by Gasteiger charge is 2.17. The first-order valence-corrected chi connectivity index (χ1v) is 12.1. The fraction of sp³-hybridized carbons (Fsp3) is 0.185. The second-order valence-corrected chi connectivity index (χ2v) is 9.59. The molecular formula is C27H25BrN6O. The maximum absolute atomic E-state index is 12.9. The van der Waals surface area contributed by atoms with E-state index < -0.39 is 0 Å². The Morgan fingerprint density at radius 1 is 0.971 bits per heavy atom. The van der Waals surface area contributed by atoms with E-state index >= 15 is 0 Å². The van der Waals surface area contributed by atoms with Crippen molar-refractivity contribution in [3.05, 3.63) is 93.8 Å². The summed E-state index contributed by atoms with van der Waals surface area (Å²) >= 11 is 3.46. The molecule has 3 heterocycles. The van der Waals surface area contributed by atoms with Crippen LogP contribution in [0.5, 0.6) is 0 Å². The van der Waals surface area contributed by atoms with Crippen LogP contribution in [-0.4, -0.2) is 30.5 Å². The van der Waals surface area contributed by atoms with Crippen molar-refractivity contribution in [2.24, 2.45) is 0 Å². The average Bonchev–Trinajstić information content (AvgIpc) is 3.33. The standard InChI is InChI=1S/C27H25BrN6O/c1-17-5-4-6-21(13-17)23-11-12-29-27-26(23)19(3)31-34(27)16-25(35)30-24-14-18(2)33(32-24)15-20-7-9-22(28)10-8-20/h4-14H,15-16H2,1-3H3,(H,30,32,35). The number of nitrogens with zero attached hydrogens (tertiary/aromatic N) is 5. The molecule has 0 unspecified atom stereocenters. The van der Waals surface area contributed by atoms with Gasteiger partial charge in [-0.05, 0) is 55.7 Å². The number of amides is 1. The van der Waals surface area contributed by atoms with Crippen LogP contribution < -0.4 is 5.32 Å². The van der Waals surface area contributed by atoms with Gasteiger partial charge in [0.2, 0.25) is 5.91 Å². The summed E-state index contributed by atoms with van der Waals surface area (Å²) in [6.45, 7) is 6.68. The third-order valence-electron chi connectivity index (χ3n) is 5.92. The molecule has 0 atom stereocenters. The number of carbonyl (C=O) groups is 1. The van der Waals surface area contributed by atoms with Crippen molar-refractivity contribution in [2.45, 2.75) is 33.9 Å². The van der Waals surface area contributed by atoms with Gasteiger partial charge >= 0.3 is 0 Å². The first kappa shape index (κ1) is 23.0. The maximum Gasteiger partial charge on any atom is 0.247 e. The summed E-state index contributed by atoms with van der Waals surface area (Å²) in [4.78, 5) is 17.4. The van der Waals surface area contributed by atoms with Crippen LogP contribution in [0.4, 0.5) is 5.82 Å². The lowest BCUT2D eigenvalue weighted by Gasteiger charge is -2.07. The molecule has 0 radical (unpaired) electrons. The van der Waals surface area contributed by atoms with Crippen LogP contribution in [0.25, 0.3) is 22.2 Å². The van der Waals surface area contributed by atoms with Crippen LogP contribution in [0.15, 0.2) is 71.3 Å². The number of anilines is 1. The fourth-order valence-electron chi connectivity index (χ4n) is 4.26. The van der Waals surface area contributed by atoms with Crippen LogP contribution in [0, 0.1) is 20.8 Å². The Labute approximate surface area is 211 Å². The van der Waals surface area contributed by atoms with Crippen molar-refractivity contribution in [1.82, 2.24) is 24.5 Å². The molecule has 5 aromatic rings. The molecule has 0 fully saturated rings. The van der Waals surface area contributed by atoms with E-state index in [1.165, 1.54) is 5.56 Å². The molecular weight excluding hydrogens is 504 g/mol. The van der Waals surface area contributed by atoms with Gasteiger partial charge in [0.15, 0.2) is 11.5 Å². The first-order chi connectivity index (χ1) is 16.9. The second kappa shape index (κ2) is 9.46. The molecule has 35 heavy (non-hydrogen) atoms. The third kappa shape index (κ3) is 4.88. The van der Waals surface area contributed by atoms with Crippen molar-refractivity contribution in [3.63, 3.8) is 0 Å². The number of hydrogen-bond acceptors (Lipinski definition) is 4. The Morgan fingerprint density at radius 3 is 2.54 bits per heavy atom. The van der Waals surface area contributed by atoms with Gasteiger partial charge < -0.3 is 5.32 Å². The van der Waals surface area contributed by atoms with Crippen LogP contribution in [0.2, 0.25) is 0 Å². The lowest BCUT2D eigenvalue weighted by Crippen LogP contribution is -2.20. The number of carbonyl (C=O) groups excluding carboxylic acids is 1. The van der Waals surface area contributed by atoms with Crippen molar-refractivity contribution >= 4 is 38.7 Å². The van der Waals surface area contributed by atoms with E-state index in [1.54, 1.807) is 10.9 Å². The van der Waals surface area contributed by atoms with Crippen LogP contribution >= 0.6 is 15.9 Å². The molecule has 5 rings (SSSR count). The Morgan fingerprint density at radius 2 is 1.77 bits per heavy atom. The fourth-order valence-corrected chi connectivity index (χ4v) is 4.52. The summed E-state index contributed by atoms with van der Waals surface area (Å²) in [5, 5.41) is 13.1. The summed E-state index contributed by atoms with van der Waals surface area (Å²) < 4.78 is 4.57. The molecule has 2 aromatic carbocycles. The quantitative estimate of drug-likeness (QED) is 0.308. The lowest BCUT2D eigenvalue weighted by atomic mass is 10.0. The predicted octanol–water partition coefficient (Wildman–Crippen LogP) is 5.67. The molecule has 0 spiro atoms. The molecule has 8 heteroatoms. The number of nitrogens with one attached hydrogen (secondary N) is 1. The molecule has 7 nitrogen and oxygen atoms in total. The molecule has 1 N–H and O–H groups in total. The van der Waals surface area contributed by atoms with Gasteiger partial charge in [-0.3, -0.25) is 9.48 Å². The van der Waals surface area contributed by atoms with Gasteiger partial charge in [0.1, 0.15) is 6.54 Å². The van der Waals surface area contributed by atoms with Crippen molar-refractivity contribution < 1.29 is 4.79 Å². The summed E-state index contributed by atoms with van der Waals surface area (Å²) in [5.41, 5.74) is 6.98. The Hall–Kier alpha value is -3.78. The normalized spacial score (nSPS) is 11.2. The van der Waals surface area contributed by atoms with Crippen molar-refractivity contribution in [3.8, 4) is 11.1 Å². The van der Waals surface area contributed by atoms with Gasteiger partial charge in [-0.2, -0.15) is 10.2 Å². The number of hydrogen-bond donors (Lipinski definition) is 1. The van der Waals surface area contributed by atoms with Crippen LogP contribution in [0.3, 0.4) is 0 Å². The molecule has 0 bridgehead atoms. The van der Waals surface area contributed by atoms with Gasteiger partial charge in [0.25, 0.3) is 0 Å². The summed E-state index contributed by atoms with van der Waals surface area (Å²) in [7, 11) is 0. The van der Waals surface area contributed by atoms with E-state index in [0.717, 1.165) is 37.9 Å². The van der Waals surface area contributed by atoms with Crippen LogP contribution in [0.1, 0.15) is 22.5 Å². The monoisotopic (exact) mass is 528 g/mol. The zero-order valence-electron chi connectivity index (χ0n) is 19.8. The molecule has 3 aromatic heterocycles. The number of benzene rings is 2. The van der Waals surface area contributed by atoms with Gasteiger partial charge in [-0.25, -0.2) is 9.67 Å². The molecule has 0 saturated carbocycles. The van der Waals surface area contributed by atoms with Gasteiger partial charge in [-0.15, -0.1) is 0 Å². The third-order valence-corrected chi connectivity index (χ3v) is 6.45. The van der Waals surface area contributed by atoms with E-state index in [2.05, 4.69) is 61.6 Å². The summed E-state index contributed by atoms with van der Waals surface area (Å²) in [5.74, 6) is 0.316. The molecule has 176 valence electrons. The van der Waals surface area contributed by atoms with E-state index in [-0.39, 0.29) is 12.5 Å². The van der Waals surface area contributed by atoms with E-state index in [4.69, 9.17) is 0 Å². The average molecular weight is 529 g/mol. The number of aromatic nitrogens is 5. The minimum atomic E-state index is -0.203. The van der Waals surface area contributed by atoms with Gasteiger partial charge in [0.05, 0.1) is 12.2 Å². The minimum Gasteiger partial charge on any atom is -0.308 e. The molecule has 1 amide bonds. The maximum atomic E-state index is 12.9. The highest BCUT2D eigenvalue weighted by atomic mass is 79.9. The van der Waals surface area contributed by atoms with Crippen LogP contribution in [-0.2, 0) is 17.9 Å². The van der Waals surface area contributed by atoms with Gasteiger partial charge in [-0.1, -0.05) is 57.9 Å². The Balaban J connectivity index is 1.35. The largest absolute Gasteiger partial charge is 0.308 e. The smallest absolute Gasteiger partial charge is 0.247 e. The summed E-state index contributed by atoms with van der Waals surface area (Å²) in [6, 6.07) is 20.3. The number of aryl methyl sites for hydroxylation is 3. The van der Waals surface area contributed by atoms with E-state index in [1.807, 2.05) is 61.0 Å². The second-order valence-electron chi connectivity index (χ2n) is 8.67. The lowest BCUT2D eigenvalue weighted by molar-refractivity contribution is -0.116. The number of rotatable bonds is 6. The Bertz CT molecular complexity index is 1530. The highest BCUT2D eigenvalue weighted by Crippen LogP contribution is 2.30. The first-order valence-electron chi connectivity index (χ1n) is 11.4. The number of pyridine rings is 1. The number of fused-ring (bicyclic) bond motifs is 1. The molecule has 0 aliphatic rings. The molecule has 0 saturated heterocycles. The molecule has 0 aliphatic heterocycles. The van der Waals surface area contributed by atoms with E-state index in [0.29, 0.717) is 18.0 Å². The number of halogens is 1. The van der Waals surface area contributed by atoms with E-state index in [9.17, 15) is 4.79 Å². The minimum absolute atomic E-state index is 0.0488. The van der Waals surface area contributed by atoms with Gasteiger partial charge in [0, 0.05) is 27.8 Å². The SMILES string of the molecule is Cc1cccc(-c2ccnc3c2c(C)nn3CC(=O)Nc2cc(C)n(Cc3ccc(Br)cc3)n2)c1. The Kier molecular flexibility index (Phi) is 6.21.